The van der Waals surface area contributed by atoms with Gasteiger partial charge in [-0.3, -0.25) is 9.59 Å². The Hall–Kier alpha value is -2.51. The third kappa shape index (κ3) is 5.22. The highest BCUT2D eigenvalue weighted by Gasteiger charge is 2.36. The quantitative estimate of drug-likeness (QED) is 0.620. The van der Waals surface area contributed by atoms with E-state index in [1.807, 2.05) is 30.3 Å². The van der Waals surface area contributed by atoms with Crippen LogP contribution in [0.15, 0.2) is 53.4 Å². The van der Waals surface area contributed by atoms with Crippen LogP contribution in [0.5, 0.6) is 0 Å². The monoisotopic (exact) mass is 439 g/mol. The van der Waals surface area contributed by atoms with E-state index in [1.165, 1.54) is 24.2 Å². The fraction of sp³-hybridized carbons (Fsp3) is 0.417. The van der Waals surface area contributed by atoms with E-state index >= 15 is 0 Å². The van der Waals surface area contributed by atoms with Crippen molar-refractivity contribution < 1.29 is 14.5 Å². The SMILES string of the molecule is CCN(CCNC(=O)c1ccc2c(c1)NC(=O)C([NH+]1CCCCC1)S2)c1ccccc1. The maximum atomic E-state index is 12.7. The molecule has 0 aromatic heterocycles. The molecule has 1 atom stereocenters. The van der Waals surface area contributed by atoms with Gasteiger partial charge in [-0.05, 0) is 56.5 Å². The number of hydrogen-bond donors (Lipinski definition) is 3. The fourth-order valence-electron chi connectivity index (χ4n) is 4.30. The van der Waals surface area contributed by atoms with Crippen LogP contribution in [0.4, 0.5) is 11.4 Å². The number of likely N-dealkylation sites (N-methyl/N-ethyl adjacent to an activating group) is 1. The van der Waals surface area contributed by atoms with Crippen LogP contribution in [-0.2, 0) is 4.79 Å². The van der Waals surface area contributed by atoms with Crippen molar-refractivity contribution in [3.63, 3.8) is 0 Å². The van der Waals surface area contributed by atoms with Crippen molar-refractivity contribution in [2.24, 2.45) is 0 Å². The van der Waals surface area contributed by atoms with Crippen molar-refractivity contribution in [3.8, 4) is 0 Å². The molecule has 6 nitrogen and oxygen atoms in total. The molecule has 0 bridgehead atoms. The lowest BCUT2D eigenvalue weighted by Crippen LogP contribution is -3.17. The standard InChI is InChI=1S/C24H30N4O2S/c1-2-27(19-9-5-3-6-10-19)16-13-25-22(29)18-11-12-21-20(17-18)26-23(30)24(31-21)28-14-7-4-8-15-28/h3,5-6,9-12,17,24H,2,4,7-8,13-16H2,1H3,(H,25,29)(H,26,30)/p+1. The van der Waals surface area contributed by atoms with Gasteiger partial charge in [-0.15, -0.1) is 0 Å². The minimum absolute atomic E-state index is 0.0495. The van der Waals surface area contributed by atoms with E-state index in [1.54, 1.807) is 17.8 Å². The van der Waals surface area contributed by atoms with Crippen molar-refractivity contribution in [3.05, 3.63) is 54.1 Å². The van der Waals surface area contributed by atoms with Gasteiger partial charge in [0.15, 0.2) is 0 Å². The number of para-hydroxylation sites is 1. The molecule has 0 aliphatic carbocycles. The Bertz CT molecular complexity index is 915. The average molecular weight is 440 g/mol. The van der Waals surface area contributed by atoms with Crippen LogP contribution in [0.25, 0.3) is 0 Å². The minimum atomic E-state index is -0.116. The summed E-state index contributed by atoms with van der Waals surface area (Å²) >= 11 is 1.63. The molecule has 2 heterocycles. The fourth-order valence-corrected chi connectivity index (χ4v) is 5.51. The summed E-state index contributed by atoms with van der Waals surface area (Å²) in [6, 6.07) is 15.8. The molecule has 2 aliphatic rings. The van der Waals surface area contributed by atoms with Gasteiger partial charge in [0.2, 0.25) is 5.37 Å². The summed E-state index contributed by atoms with van der Waals surface area (Å²) in [6.07, 6.45) is 3.63. The van der Waals surface area contributed by atoms with Gasteiger partial charge in [-0.1, -0.05) is 30.0 Å². The van der Waals surface area contributed by atoms with E-state index < -0.39 is 0 Å². The van der Waals surface area contributed by atoms with Gasteiger partial charge < -0.3 is 20.4 Å². The zero-order valence-corrected chi connectivity index (χ0v) is 18.8. The van der Waals surface area contributed by atoms with E-state index in [2.05, 4.69) is 34.6 Å². The molecular formula is C24H31N4O2S+. The molecule has 1 unspecified atom stereocenters. The molecule has 2 aromatic carbocycles. The molecular weight excluding hydrogens is 408 g/mol. The number of carbonyl (C=O) groups excluding carboxylic acids is 2. The molecule has 1 saturated heterocycles. The Morgan fingerprint density at radius 1 is 1.16 bits per heavy atom. The number of thioether (sulfide) groups is 1. The molecule has 1 fully saturated rings. The Balaban J connectivity index is 1.35. The largest absolute Gasteiger partial charge is 0.370 e. The second-order valence-electron chi connectivity index (χ2n) is 8.09. The van der Waals surface area contributed by atoms with E-state index in [-0.39, 0.29) is 17.2 Å². The molecule has 2 amide bonds. The zero-order chi connectivity index (χ0) is 21.6. The van der Waals surface area contributed by atoms with Gasteiger partial charge in [0.05, 0.1) is 18.8 Å². The number of likely N-dealkylation sites (tertiary alicyclic amines) is 1. The van der Waals surface area contributed by atoms with Gasteiger partial charge in [0, 0.05) is 35.8 Å². The Morgan fingerprint density at radius 2 is 1.94 bits per heavy atom. The Kier molecular flexibility index (Phi) is 7.14. The number of benzene rings is 2. The lowest BCUT2D eigenvalue weighted by Gasteiger charge is -2.33. The van der Waals surface area contributed by atoms with Crippen LogP contribution in [-0.4, -0.2) is 49.9 Å². The molecule has 0 spiro atoms. The van der Waals surface area contributed by atoms with Crippen molar-refractivity contribution in [1.29, 1.82) is 0 Å². The number of hydrogen-bond acceptors (Lipinski definition) is 4. The maximum absolute atomic E-state index is 12.7. The lowest BCUT2D eigenvalue weighted by molar-refractivity contribution is -0.906. The second-order valence-corrected chi connectivity index (χ2v) is 9.24. The minimum Gasteiger partial charge on any atom is -0.370 e. The Morgan fingerprint density at radius 3 is 2.68 bits per heavy atom. The van der Waals surface area contributed by atoms with E-state index in [4.69, 9.17) is 0 Å². The molecule has 4 rings (SSSR count). The van der Waals surface area contributed by atoms with E-state index in [0.29, 0.717) is 12.1 Å². The number of carbonyl (C=O) groups is 2. The molecule has 0 radical (unpaired) electrons. The van der Waals surface area contributed by atoms with Crippen LogP contribution < -0.4 is 20.4 Å². The van der Waals surface area contributed by atoms with Gasteiger partial charge in [0.25, 0.3) is 11.8 Å². The normalized spacial score (nSPS) is 18.7. The summed E-state index contributed by atoms with van der Waals surface area (Å²) in [7, 11) is 0. The third-order valence-electron chi connectivity index (χ3n) is 6.02. The van der Waals surface area contributed by atoms with Crippen LogP contribution >= 0.6 is 11.8 Å². The number of nitrogens with zero attached hydrogens (tertiary/aromatic N) is 1. The third-order valence-corrected chi connectivity index (χ3v) is 7.41. The first kappa shape index (κ1) is 21.7. The van der Waals surface area contributed by atoms with Crippen LogP contribution in [0.3, 0.4) is 0 Å². The first-order valence-electron chi connectivity index (χ1n) is 11.2. The van der Waals surface area contributed by atoms with Gasteiger partial charge in [-0.2, -0.15) is 0 Å². The predicted octanol–water partition coefficient (Wildman–Crippen LogP) is 2.38. The summed E-state index contributed by atoms with van der Waals surface area (Å²) in [5.74, 6) is -0.0663. The number of nitrogens with one attached hydrogen (secondary N) is 3. The summed E-state index contributed by atoms with van der Waals surface area (Å²) < 4.78 is 0. The first-order chi connectivity index (χ1) is 15.2. The molecule has 7 heteroatoms. The molecule has 0 saturated carbocycles. The van der Waals surface area contributed by atoms with Crippen molar-refractivity contribution >= 4 is 35.0 Å². The molecule has 31 heavy (non-hydrogen) atoms. The summed E-state index contributed by atoms with van der Waals surface area (Å²) in [5, 5.41) is 5.95. The van der Waals surface area contributed by atoms with Crippen LogP contribution in [0.2, 0.25) is 0 Å². The Labute approximate surface area is 188 Å². The zero-order valence-electron chi connectivity index (χ0n) is 18.0. The van der Waals surface area contributed by atoms with Gasteiger partial charge in [0.1, 0.15) is 0 Å². The average Bonchev–Trinajstić information content (AvgIpc) is 2.82. The molecule has 3 N–H and O–H groups in total. The van der Waals surface area contributed by atoms with Crippen LogP contribution in [0.1, 0.15) is 36.5 Å². The number of amides is 2. The number of anilines is 2. The number of quaternary nitrogens is 1. The summed E-state index contributed by atoms with van der Waals surface area (Å²) in [4.78, 5) is 30.0. The smallest absolute Gasteiger partial charge is 0.294 e. The summed E-state index contributed by atoms with van der Waals surface area (Å²) in [5.41, 5.74) is 2.47. The van der Waals surface area contributed by atoms with Crippen molar-refractivity contribution in [2.75, 3.05) is 42.9 Å². The van der Waals surface area contributed by atoms with Gasteiger partial charge in [-0.25, -0.2) is 0 Å². The molecule has 164 valence electrons. The van der Waals surface area contributed by atoms with Crippen molar-refractivity contribution in [2.45, 2.75) is 36.5 Å². The second kappa shape index (κ2) is 10.2. The number of fused-ring (bicyclic) bond motifs is 1. The highest BCUT2D eigenvalue weighted by atomic mass is 32.2. The maximum Gasteiger partial charge on any atom is 0.294 e. The first-order valence-corrected chi connectivity index (χ1v) is 12.1. The van der Waals surface area contributed by atoms with Gasteiger partial charge >= 0.3 is 0 Å². The van der Waals surface area contributed by atoms with E-state index in [9.17, 15) is 9.59 Å². The van der Waals surface area contributed by atoms with Crippen molar-refractivity contribution in [1.82, 2.24) is 5.32 Å². The predicted molar refractivity (Wildman–Crippen MR) is 126 cm³/mol. The molecule has 2 aliphatic heterocycles. The highest BCUT2D eigenvalue weighted by Crippen LogP contribution is 2.34. The molecule has 2 aromatic rings. The van der Waals surface area contributed by atoms with Crippen LogP contribution in [0, 0.1) is 0 Å². The number of piperidine rings is 1. The van der Waals surface area contributed by atoms with E-state index in [0.717, 1.165) is 42.4 Å². The highest BCUT2D eigenvalue weighted by molar-refractivity contribution is 8.00. The number of rotatable bonds is 7. The topological polar surface area (TPSA) is 65.9 Å². The summed E-state index contributed by atoms with van der Waals surface area (Å²) in [6.45, 7) is 6.39. The lowest BCUT2D eigenvalue weighted by atomic mass is 10.1.